The molecule has 0 radical (unpaired) electrons. The van der Waals surface area contributed by atoms with Crippen molar-refractivity contribution < 1.29 is 4.21 Å². The first kappa shape index (κ1) is 20.5. The third-order valence-corrected chi connectivity index (χ3v) is 6.72. The van der Waals surface area contributed by atoms with Crippen LogP contribution in [0.5, 0.6) is 0 Å². The van der Waals surface area contributed by atoms with Gasteiger partial charge in [-0.15, -0.1) is 0 Å². The number of aliphatic imine (C=N–C) groups is 1. The van der Waals surface area contributed by atoms with E-state index < -0.39 is 10.8 Å². The smallest absolute Gasteiger partial charge is 0.191 e. The lowest BCUT2D eigenvalue weighted by Crippen LogP contribution is -2.46. The Labute approximate surface area is 163 Å². The molecule has 0 amide bonds. The molecule has 1 aliphatic rings. The lowest BCUT2D eigenvalue weighted by molar-refractivity contribution is 0.413. The quantitative estimate of drug-likeness (QED) is 0.554. The molecule has 7 heteroatoms. The molecule has 25 heavy (non-hydrogen) atoms. The van der Waals surface area contributed by atoms with Gasteiger partial charge in [0.2, 0.25) is 0 Å². The molecular formula is C18H27Cl2N3OS. The predicted molar refractivity (Wildman–Crippen MR) is 109 cm³/mol. The molecule has 1 aromatic rings. The van der Waals surface area contributed by atoms with Gasteiger partial charge in [-0.25, -0.2) is 4.99 Å². The summed E-state index contributed by atoms with van der Waals surface area (Å²) in [6.07, 6.45) is 4.19. The van der Waals surface area contributed by atoms with E-state index in [0.717, 1.165) is 49.5 Å². The Bertz CT molecular complexity index is 624. The SMILES string of the molecule is CCNC(=NCc1ccc(Cl)cc1Cl)NC1CCCC(S(=O)CC)C1. The van der Waals surface area contributed by atoms with Crippen molar-refractivity contribution in [2.75, 3.05) is 12.3 Å². The summed E-state index contributed by atoms with van der Waals surface area (Å²) in [7, 11) is -0.722. The van der Waals surface area contributed by atoms with Crippen molar-refractivity contribution in [3.8, 4) is 0 Å². The van der Waals surface area contributed by atoms with Crippen LogP contribution in [0.1, 0.15) is 45.1 Å². The van der Waals surface area contributed by atoms with Crippen molar-refractivity contribution in [3.63, 3.8) is 0 Å². The van der Waals surface area contributed by atoms with Crippen molar-refractivity contribution >= 4 is 40.0 Å². The van der Waals surface area contributed by atoms with E-state index in [-0.39, 0.29) is 0 Å². The van der Waals surface area contributed by atoms with Crippen LogP contribution < -0.4 is 10.6 Å². The van der Waals surface area contributed by atoms with Gasteiger partial charge in [-0.3, -0.25) is 4.21 Å². The number of benzene rings is 1. The molecule has 4 nitrogen and oxygen atoms in total. The van der Waals surface area contributed by atoms with Gasteiger partial charge in [0.1, 0.15) is 0 Å². The molecule has 3 unspecified atom stereocenters. The first-order chi connectivity index (χ1) is 12.0. The van der Waals surface area contributed by atoms with E-state index in [1.807, 2.05) is 26.0 Å². The van der Waals surface area contributed by atoms with Gasteiger partial charge in [0, 0.05) is 44.4 Å². The third-order valence-electron chi connectivity index (χ3n) is 4.39. The first-order valence-electron chi connectivity index (χ1n) is 8.89. The number of nitrogens with zero attached hydrogens (tertiary/aromatic N) is 1. The van der Waals surface area contributed by atoms with Crippen molar-refractivity contribution in [1.82, 2.24) is 10.6 Å². The second-order valence-corrected chi connectivity index (χ2v) is 9.08. The maximum atomic E-state index is 12.1. The van der Waals surface area contributed by atoms with Crippen molar-refractivity contribution in [2.45, 2.75) is 57.4 Å². The van der Waals surface area contributed by atoms with Gasteiger partial charge < -0.3 is 10.6 Å². The van der Waals surface area contributed by atoms with E-state index >= 15 is 0 Å². The Kier molecular flexibility index (Phi) is 8.53. The minimum absolute atomic E-state index is 0.296. The first-order valence-corrected chi connectivity index (χ1v) is 11.0. The number of guanidine groups is 1. The monoisotopic (exact) mass is 403 g/mol. The van der Waals surface area contributed by atoms with Gasteiger partial charge in [-0.1, -0.05) is 42.6 Å². The zero-order valence-electron chi connectivity index (χ0n) is 14.9. The van der Waals surface area contributed by atoms with Gasteiger partial charge in [-0.05, 0) is 43.9 Å². The molecule has 1 fully saturated rings. The summed E-state index contributed by atoms with van der Waals surface area (Å²) in [6.45, 7) is 5.32. The Balaban J connectivity index is 2.00. The third kappa shape index (κ3) is 6.46. The van der Waals surface area contributed by atoms with E-state index in [2.05, 4.69) is 15.6 Å². The van der Waals surface area contributed by atoms with Crippen LogP contribution in [0.3, 0.4) is 0 Å². The summed E-state index contributed by atoms with van der Waals surface area (Å²) in [5.41, 5.74) is 0.942. The van der Waals surface area contributed by atoms with Crippen LogP contribution in [0.4, 0.5) is 0 Å². The van der Waals surface area contributed by atoms with Crippen molar-refractivity contribution in [1.29, 1.82) is 0 Å². The highest BCUT2D eigenvalue weighted by atomic mass is 35.5. The molecule has 1 aliphatic carbocycles. The van der Waals surface area contributed by atoms with E-state index in [0.29, 0.717) is 27.9 Å². The summed E-state index contributed by atoms with van der Waals surface area (Å²) in [6, 6.07) is 5.77. The van der Waals surface area contributed by atoms with Crippen LogP contribution in [0.25, 0.3) is 0 Å². The van der Waals surface area contributed by atoms with Gasteiger partial charge in [0.25, 0.3) is 0 Å². The molecule has 2 rings (SSSR count). The lowest BCUT2D eigenvalue weighted by atomic mass is 9.95. The average Bonchev–Trinajstić information content (AvgIpc) is 2.60. The molecule has 0 aliphatic heterocycles. The van der Waals surface area contributed by atoms with E-state index in [1.54, 1.807) is 6.07 Å². The Morgan fingerprint density at radius 3 is 2.80 bits per heavy atom. The van der Waals surface area contributed by atoms with Gasteiger partial charge in [-0.2, -0.15) is 0 Å². The van der Waals surface area contributed by atoms with E-state index in [9.17, 15) is 4.21 Å². The topological polar surface area (TPSA) is 53.5 Å². The summed E-state index contributed by atoms with van der Waals surface area (Å²) in [4.78, 5) is 4.65. The molecule has 0 aromatic heterocycles. The fraction of sp³-hybridized carbons (Fsp3) is 0.611. The number of hydrogen-bond acceptors (Lipinski definition) is 2. The average molecular weight is 404 g/mol. The fourth-order valence-electron chi connectivity index (χ4n) is 3.08. The normalized spacial score (nSPS) is 22.5. The highest BCUT2D eigenvalue weighted by Crippen LogP contribution is 2.23. The largest absolute Gasteiger partial charge is 0.357 e. The molecule has 2 N–H and O–H groups in total. The minimum atomic E-state index is -0.722. The zero-order chi connectivity index (χ0) is 18.2. The van der Waals surface area contributed by atoms with Crippen LogP contribution in [0.2, 0.25) is 10.0 Å². The molecule has 0 spiro atoms. The molecule has 0 saturated heterocycles. The van der Waals surface area contributed by atoms with Crippen LogP contribution in [0, 0.1) is 0 Å². The van der Waals surface area contributed by atoms with Crippen LogP contribution in [-0.2, 0) is 17.3 Å². The Morgan fingerprint density at radius 1 is 1.32 bits per heavy atom. The van der Waals surface area contributed by atoms with E-state index in [4.69, 9.17) is 23.2 Å². The second-order valence-electron chi connectivity index (χ2n) is 6.23. The molecule has 0 heterocycles. The number of halogens is 2. The maximum absolute atomic E-state index is 12.1. The molecule has 0 bridgehead atoms. The minimum Gasteiger partial charge on any atom is -0.357 e. The fourth-order valence-corrected chi connectivity index (χ4v) is 4.89. The van der Waals surface area contributed by atoms with Crippen LogP contribution in [0.15, 0.2) is 23.2 Å². The lowest BCUT2D eigenvalue weighted by Gasteiger charge is -2.30. The highest BCUT2D eigenvalue weighted by molar-refractivity contribution is 7.85. The maximum Gasteiger partial charge on any atom is 0.191 e. The number of nitrogens with one attached hydrogen (secondary N) is 2. The Hall–Kier alpha value is -0.780. The number of rotatable bonds is 6. The second kappa shape index (κ2) is 10.4. The van der Waals surface area contributed by atoms with E-state index in [1.165, 1.54) is 0 Å². The van der Waals surface area contributed by atoms with Crippen LogP contribution in [-0.4, -0.2) is 33.8 Å². The van der Waals surface area contributed by atoms with Crippen LogP contribution >= 0.6 is 23.2 Å². The summed E-state index contributed by atoms with van der Waals surface area (Å²) < 4.78 is 12.1. The van der Waals surface area contributed by atoms with Crippen molar-refractivity contribution in [3.05, 3.63) is 33.8 Å². The van der Waals surface area contributed by atoms with Gasteiger partial charge >= 0.3 is 0 Å². The predicted octanol–water partition coefficient (Wildman–Crippen LogP) is 4.13. The molecular weight excluding hydrogens is 377 g/mol. The molecule has 1 aromatic carbocycles. The highest BCUT2D eigenvalue weighted by Gasteiger charge is 2.26. The number of hydrogen-bond donors (Lipinski definition) is 2. The molecule has 3 atom stereocenters. The Morgan fingerprint density at radius 2 is 2.12 bits per heavy atom. The summed E-state index contributed by atoms with van der Waals surface area (Å²) in [5, 5.41) is 8.33. The van der Waals surface area contributed by atoms with Crippen molar-refractivity contribution in [2.24, 2.45) is 4.99 Å². The summed E-state index contributed by atoms with van der Waals surface area (Å²) in [5.74, 6) is 1.52. The van der Waals surface area contributed by atoms with Gasteiger partial charge in [0.05, 0.1) is 6.54 Å². The zero-order valence-corrected chi connectivity index (χ0v) is 17.2. The standard InChI is InChI=1S/C18H27Cl2N3OS/c1-3-21-18(22-12-13-8-9-14(19)10-17(13)20)23-15-6-5-7-16(11-15)25(24)4-2/h8-10,15-16H,3-7,11-12H2,1-2H3,(H2,21,22,23). The van der Waals surface area contributed by atoms with Gasteiger partial charge in [0.15, 0.2) is 5.96 Å². The summed E-state index contributed by atoms with van der Waals surface area (Å²) >= 11 is 12.2. The molecule has 1 saturated carbocycles. The molecule has 140 valence electrons.